The zero-order chi connectivity index (χ0) is 13.1. The van der Waals surface area contributed by atoms with Crippen LogP contribution < -0.4 is 10.1 Å². The third-order valence-electron chi connectivity index (χ3n) is 3.35. The van der Waals surface area contributed by atoms with Crippen molar-refractivity contribution in [3.63, 3.8) is 0 Å². The van der Waals surface area contributed by atoms with Crippen molar-refractivity contribution in [2.24, 2.45) is 0 Å². The van der Waals surface area contributed by atoms with E-state index < -0.39 is 0 Å². The van der Waals surface area contributed by atoms with Crippen molar-refractivity contribution in [2.75, 3.05) is 11.9 Å². The van der Waals surface area contributed by atoms with Crippen molar-refractivity contribution in [1.82, 2.24) is 0 Å². The van der Waals surface area contributed by atoms with Gasteiger partial charge >= 0.3 is 0 Å². The maximum atomic E-state index is 9.21. The minimum atomic E-state index is 0.255. The molecule has 0 saturated heterocycles. The Labute approximate surface area is 112 Å². The summed E-state index contributed by atoms with van der Waals surface area (Å²) in [4.78, 5) is 0. The van der Waals surface area contributed by atoms with E-state index in [1.165, 1.54) is 17.7 Å². The van der Waals surface area contributed by atoms with Crippen LogP contribution in [0.2, 0.25) is 0 Å². The van der Waals surface area contributed by atoms with E-state index in [0.29, 0.717) is 6.61 Å². The first kappa shape index (κ1) is 11.9. The number of fused-ring (bicyclic) bond motifs is 1. The van der Waals surface area contributed by atoms with E-state index in [4.69, 9.17) is 4.74 Å². The van der Waals surface area contributed by atoms with Gasteiger partial charge in [0.25, 0.3) is 0 Å². The van der Waals surface area contributed by atoms with E-state index in [0.717, 1.165) is 24.3 Å². The van der Waals surface area contributed by atoms with Crippen LogP contribution in [0.25, 0.3) is 0 Å². The molecule has 3 rings (SSSR count). The molecule has 0 atom stereocenters. The quantitative estimate of drug-likeness (QED) is 0.884. The van der Waals surface area contributed by atoms with Gasteiger partial charge in [-0.15, -0.1) is 0 Å². The average molecular weight is 255 g/mol. The second kappa shape index (κ2) is 5.22. The lowest BCUT2D eigenvalue weighted by atomic mass is 10.0. The largest absolute Gasteiger partial charge is 0.508 e. The number of hydrogen-bond acceptors (Lipinski definition) is 3. The number of ether oxygens (including phenoxy) is 1. The lowest BCUT2D eigenvalue weighted by Crippen LogP contribution is -2.12. The predicted molar refractivity (Wildman–Crippen MR) is 75.7 cm³/mol. The summed E-state index contributed by atoms with van der Waals surface area (Å²) >= 11 is 0. The molecule has 2 aromatic carbocycles. The van der Waals surface area contributed by atoms with E-state index in [-0.39, 0.29) is 5.75 Å². The monoisotopic (exact) mass is 255 g/mol. The molecular formula is C16H17NO2. The molecule has 0 saturated carbocycles. The van der Waals surface area contributed by atoms with Crippen molar-refractivity contribution in [3.05, 3.63) is 53.6 Å². The molecule has 1 aliphatic heterocycles. The highest BCUT2D eigenvalue weighted by Gasteiger charge is 2.08. The Morgan fingerprint density at radius 1 is 1.11 bits per heavy atom. The van der Waals surface area contributed by atoms with Crippen LogP contribution in [0.1, 0.15) is 17.5 Å². The Kier molecular flexibility index (Phi) is 3.27. The minimum Gasteiger partial charge on any atom is -0.508 e. The van der Waals surface area contributed by atoms with Gasteiger partial charge in [0.05, 0.1) is 0 Å². The lowest BCUT2D eigenvalue weighted by molar-refractivity contribution is 0.305. The summed E-state index contributed by atoms with van der Waals surface area (Å²) < 4.78 is 5.70. The fourth-order valence-electron chi connectivity index (χ4n) is 2.31. The van der Waals surface area contributed by atoms with E-state index in [9.17, 15) is 5.11 Å². The van der Waals surface area contributed by atoms with Gasteiger partial charge in [0, 0.05) is 12.2 Å². The summed E-state index contributed by atoms with van der Waals surface area (Å²) in [5.41, 5.74) is 3.78. The molecule has 0 radical (unpaired) electrons. The number of benzene rings is 2. The van der Waals surface area contributed by atoms with Gasteiger partial charge in [0.1, 0.15) is 18.1 Å². The van der Waals surface area contributed by atoms with Crippen molar-refractivity contribution in [2.45, 2.75) is 19.4 Å². The van der Waals surface area contributed by atoms with Crippen LogP contribution >= 0.6 is 0 Å². The van der Waals surface area contributed by atoms with Gasteiger partial charge in [-0.1, -0.05) is 12.1 Å². The van der Waals surface area contributed by atoms with Gasteiger partial charge in [-0.2, -0.15) is 0 Å². The molecule has 1 heterocycles. The minimum absolute atomic E-state index is 0.255. The Hall–Kier alpha value is -2.16. The number of nitrogens with one attached hydrogen (secondary N) is 1. The number of phenolic OH excluding ortho intramolecular Hbond substituents is 1. The molecule has 2 aromatic rings. The van der Waals surface area contributed by atoms with Gasteiger partial charge in [-0.25, -0.2) is 0 Å². The highest BCUT2D eigenvalue weighted by Crippen LogP contribution is 2.24. The highest BCUT2D eigenvalue weighted by molar-refractivity contribution is 5.54. The van der Waals surface area contributed by atoms with Crippen LogP contribution in [0.15, 0.2) is 42.5 Å². The lowest BCUT2D eigenvalue weighted by Gasteiger charge is -2.18. The summed E-state index contributed by atoms with van der Waals surface area (Å²) in [5.74, 6) is 1.02. The van der Waals surface area contributed by atoms with Crippen molar-refractivity contribution in [3.8, 4) is 11.5 Å². The van der Waals surface area contributed by atoms with Crippen LogP contribution in [0, 0.1) is 0 Å². The van der Waals surface area contributed by atoms with Crippen LogP contribution in [0.4, 0.5) is 5.69 Å². The van der Waals surface area contributed by atoms with Gasteiger partial charge in [-0.05, 0) is 54.3 Å². The number of aryl methyl sites for hydroxylation is 1. The Bertz CT molecular complexity index is 563. The number of hydrogen-bond donors (Lipinski definition) is 2. The molecule has 2 N–H and O–H groups in total. The molecule has 3 heteroatoms. The predicted octanol–water partition coefficient (Wildman–Crippen LogP) is 3.33. The summed E-state index contributed by atoms with van der Waals surface area (Å²) in [7, 11) is 0. The zero-order valence-electron chi connectivity index (χ0n) is 10.7. The van der Waals surface area contributed by atoms with Crippen molar-refractivity contribution in [1.29, 1.82) is 0 Å². The number of phenols is 1. The highest BCUT2D eigenvalue weighted by atomic mass is 16.5. The molecule has 0 aliphatic carbocycles. The Balaban J connectivity index is 1.68. The molecule has 98 valence electrons. The molecule has 0 spiro atoms. The van der Waals surface area contributed by atoms with Gasteiger partial charge in [0.2, 0.25) is 0 Å². The second-order valence-electron chi connectivity index (χ2n) is 4.80. The molecule has 0 fully saturated rings. The van der Waals surface area contributed by atoms with Crippen molar-refractivity contribution >= 4 is 5.69 Å². The number of rotatable bonds is 3. The van der Waals surface area contributed by atoms with Crippen LogP contribution in [0.3, 0.4) is 0 Å². The molecule has 1 aliphatic rings. The molecular weight excluding hydrogens is 238 g/mol. The van der Waals surface area contributed by atoms with Crippen LogP contribution in [-0.4, -0.2) is 11.7 Å². The molecule has 0 bridgehead atoms. The van der Waals surface area contributed by atoms with Crippen LogP contribution in [0.5, 0.6) is 11.5 Å². The first-order valence-corrected chi connectivity index (χ1v) is 6.59. The van der Waals surface area contributed by atoms with E-state index in [2.05, 4.69) is 23.5 Å². The molecule has 19 heavy (non-hydrogen) atoms. The van der Waals surface area contributed by atoms with Gasteiger partial charge in [0.15, 0.2) is 0 Å². The van der Waals surface area contributed by atoms with E-state index >= 15 is 0 Å². The number of anilines is 1. The standard InChI is InChI=1S/C16H17NO2/c18-14-5-7-15(8-6-14)19-11-12-3-4-13-2-1-9-17-16(13)10-12/h3-8,10,17-18H,1-2,9,11H2. The summed E-state index contributed by atoms with van der Waals surface area (Å²) in [5, 5.41) is 12.6. The van der Waals surface area contributed by atoms with Crippen LogP contribution in [-0.2, 0) is 13.0 Å². The van der Waals surface area contributed by atoms with E-state index in [1.807, 2.05) is 0 Å². The summed E-state index contributed by atoms with van der Waals surface area (Å²) in [6, 6.07) is 13.3. The van der Waals surface area contributed by atoms with Crippen molar-refractivity contribution < 1.29 is 9.84 Å². The smallest absolute Gasteiger partial charge is 0.120 e. The first-order valence-electron chi connectivity index (χ1n) is 6.59. The fourth-order valence-corrected chi connectivity index (χ4v) is 2.31. The summed E-state index contributed by atoms with van der Waals surface area (Å²) in [6.45, 7) is 1.59. The van der Waals surface area contributed by atoms with Gasteiger partial charge < -0.3 is 15.2 Å². The average Bonchev–Trinajstić information content (AvgIpc) is 2.46. The molecule has 0 amide bonds. The van der Waals surface area contributed by atoms with E-state index in [1.54, 1.807) is 24.3 Å². The third kappa shape index (κ3) is 2.81. The fraction of sp³-hybridized carbons (Fsp3) is 0.250. The number of aromatic hydroxyl groups is 1. The molecule has 3 nitrogen and oxygen atoms in total. The normalized spacial score (nSPS) is 13.5. The maximum absolute atomic E-state index is 9.21. The van der Waals surface area contributed by atoms with Gasteiger partial charge in [-0.3, -0.25) is 0 Å². The summed E-state index contributed by atoms with van der Waals surface area (Å²) in [6.07, 6.45) is 2.36. The Morgan fingerprint density at radius 2 is 1.95 bits per heavy atom. The first-order chi connectivity index (χ1) is 9.31. The zero-order valence-corrected chi connectivity index (χ0v) is 10.7. The molecule has 0 aromatic heterocycles. The second-order valence-corrected chi connectivity index (χ2v) is 4.80. The third-order valence-corrected chi connectivity index (χ3v) is 3.35. The Morgan fingerprint density at radius 3 is 2.79 bits per heavy atom. The molecule has 0 unspecified atom stereocenters. The maximum Gasteiger partial charge on any atom is 0.120 e. The SMILES string of the molecule is Oc1ccc(OCc2ccc3c(c2)NCCC3)cc1. The topological polar surface area (TPSA) is 41.5 Å².